The molecule has 0 aromatic rings. The second-order valence-electron chi connectivity index (χ2n) is 4.10. The first kappa shape index (κ1) is 13.5. The van der Waals surface area contributed by atoms with Gasteiger partial charge in [-0.25, -0.2) is 0 Å². The molecule has 82 valence electrons. The standard InChI is InChI=1S/C13H24O/c1-5-7-8-12(9-11(3)4)10-13(14)6-2/h13-14H,5-8,10H2,1-4H3/t13-/m1/s1. The lowest BCUT2D eigenvalue weighted by molar-refractivity contribution is 0.169. The number of rotatable bonds is 6. The van der Waals surface area contributed by atoms with Gasteiger partial charge in [0.05, 0.1) is 6.10 Å². The van der Waals surface area contributed by atoms with Crippen LogP contribution in [-0.2, 0) is 0 Å². The number of unbranched alkanes of at least 4 members (excludes halogenated alkanes) is 1. The Balaban J connectivity index is 4.34. The summed E-state index contributed by atoms with van der Waals surface area (Å²) in [4.78, 5) is 0. The molecule has 0 saturated carbocycles. The highest BCUT2D eigenvalue weighted by Gasteiger charge is 2.04. The summed E-state index contributed by atoms with van der Waals surface area (Å²) in [7, 11) is 0. The molecule has 1 N–H and O–H groups in total. The molecular formula is C13H24O. The maximum atomic E-state index is 9.57. The summed E-state index contributed by atoms with van der Waals surface area (Å²) >= 11 is 0. The van der Waals surface area contributed by atoms with Crippen molar-refractivity contribution < 1.29 is 5.11 Å². The molecule has 0 amide bonds. The van der Waals surface area contributed by atoms with E-state index in [1.54, 1.807) is 0 Å². The van der Waals surface area contributed by atoms with Crippen molar-refractivity contribution in [3.8, 4) is 0 Å². The van der Waals surface area contributed by atoms with Crippen LogP contribution in [-0.4, -0.2) is 11.2 Å². The fourth-order valence-electron chi connectivity index (χ4n) is 1.39. The van der Waals surface area contributed by atoms with Gasteiger partial charge in [0.25, 0.3) is 0 Å². The predicted octanol–water partition coefficient (Wildman–Crippen LogP) is 3.83. The Morgan fingerprint density at radius 1 is 1.29 bits per heavy atom. The summed E-state index contributed by atoms with van der Waals surface area (Å²) in [5.74, 6) is 0. The van der Waals surface area contributed by atoms with Crippen LogP contribution in [0.3, 0.4) is 0 Å². The van der Waals surface area contributed by atoms with Gasteiger partial charge in [0, 0.05) is 6.42 Å². The van der Waals surface area contributed by atoms with Crippen molar-refractivity contribution in [2.45, 2.75) is 65.9 Å². The monoisotopic (exact) mass is 196 g/mol. The van der Waals surface area contributed by atoms with E-state index in [4.69, 9.17) is 0 Å². The number of aliphatic hydroxyl groups is 1. The van der Waals surface area contributed by atoms with Crippen molar-refractivity contribution in [1.29, 1.82) is 0 Å². The zero-order chi connectivity index (χ0) is 11.0. The molecule has 0 fully saturated rings. The molecule has 0 bridgehead atoms. The molecule has 14 heavy (non-hydrogen) atoms. The Hall–Kier alpha value is -0.520. The minimum absolute atomic E-state index is 0.186. The fraction of sp³-hybridized carbons (Fsp3) is 0.769. The van der Waals surface area contributed by atoms with Gasteiger partial charge >= 0.3 is 0 Å². The number of aliphatic hydroxyl groups excluding tert-OH is 1. The molecule has 0 aromatic carbocycles. The van der Waals surface area contributed by atoms with Crippen molar-refractivity contribution in [2.24, 2.45) is 0 Å². The summed E-state index contributed by atoms with van der Waals surface area (Å²) in [6, 6.07) is 0. The van der Waals surface area contributed by atoms with Crippen molar-refractivity contribution in [1.82, 2.24) is 0 Å². The first-order valence-corrected chi connectivity index (χ1v) is 5.70. The average Bonchev–Trinajstić information content (AvgIpc) is 2.13. The quantitative estimate of drug-likeness (QED) is 0.640. The Kier molecular flexibility index (Phi) is 7.55. The van der Waals surface area contributed by atoms with Crippen LogP contribution in [0, 0.1) is 0 Å². The van der Waals surface area contributed by atoms with Gasteiger partial charge < -0.3 is 5.11 Å². The minimum atomic E-state index is -0.186. The van der Waals surface area contributed by atoms with Gasteiger partial charge in [-0.05, 0) is 44.3 Å². The SMILES string of the molecule is CCCCC(=C=C(C)C)C[C@H](O)CC. The van der Waals surface area contributed by atoms with Gasteiger partial charge in [-0.2, -0.15) is 0 Å². The van der Waals surface area contributed by atoms with Gasteiger partial charge in [0.15, 0.2) is 0 Å². The summed E-state index contributed by atoms with van der Waals surface area (Å²) < 4.78 is 0. The highest BCUT2D eigenvalue weighted by molar-refractivity contribution is 5.07. The summed E-state index contributed by atoms with van der Waals surface area (Å²) in [5.41, 5.74) is 5.84. The molecule has 0 rings (SSSR count). The van der Waals surface area contributed by atoms with E-state index in [0.29, 0.717) is 0 Å². The molecule has 0 aliphatic rings. The molecule has 1 heteroatoms. The van der Waals surface area contributed by atoms with Crippen LogP contribution >= 0.6 is 0 Å². The van der Waals surface area contributed by atoms with Crippen LogP contribution in [0.2, 0.25) is 0 Å². The van der Waals surface area contributed by atoms with Crippen molar-refractivity contribution >= 4 is 0 Å². The van der Waals surface area contributed by atoms with Crippen LogP contribution in [0.4, 0.5) is 0 Å². The maximum absolute atomic E-state index is 9.57. The lowest BCUT2D eigenvalue weighted by Crippen LogP contribution is -2.05. The molecule has 0 aromatic heterocycles. The van der Waals surface area contributed by atoms with Crippen LogP contribution in [0.15, 0.2) is 16.9 Å². The molecule has 1 atom stereocenters. The Bertz CT molecular complexity index is 205. The van der Waals surface area contributed by atoms with Crippen LogP contribution in [0.1, 0.15) is 59.8 Å². The van der Waals surface area contributed by atoms with E-state index >= 15 is 0 Å². The first-order chi connectivity index (χ1) is 6.60. The molecule has 0 heterocycles. The molecule has 0 radical (unpaired) electrons. The molecule has 0 spiro atoms. The van der Waals surface area contributed by atoms with Gasteiger partial charge in [-0.1, -0.05) is 20.3 Å². The van der Waals surface area contributed by atoms with Gasteiger partial charge in [-0.15, -0.1) is 5.73 Å². The average molecular weight is 196 g/mol. The molecule has 0 saturated heterocycles. The van der Waals surface area contributed by atoms with Crippen LogP contribution in [0.25, 0.3) is 0 Å². The van der Waals surface area contributed by atoms with Gasteiger partial charge in [0.1, 0.15) is 0 Å². The third-order valence-electron chi connectivity index (χ3n) is 2.21. The zero-order valence-corrected chi connectivity index (χ0v) is 10.1. The lowest BCUT2D eigenvalue weighted by Gasteiger charge is -2.09. The Labute approximate surface area is 88.5 Å². The third kappa shape index (κ3) is 6.94. The van der Waals surface area contributed by atoms with Gasteiger partial charge in [0.2, 0.25) is 0 Å². The van der Waals surface area contributed by atoms with Crippen molar-refractivity contribution in [3.05, 3.63) is 16.9 Å². The lowest BCUT2D eigenvalue weighted by atomic mass is 10.0. The van der Waals surface area contributed by atoms with Crippen LogP contribution in [0.5, 0.6) is 0 Å². The molecule has 1 nitrogen and oxygen atoms in total. The zero-order valence-electron chi connectivity index (χ0n) is 10.1. The smallest absolute Gasteiger partial charge is 0.0580 e. The van der Waals surface area contributed by atoms with E-state index in [-0.39, 0.29) is 6.10 Å². The molecular weight excluding hydrogens is 172 g/mol. The second kappa shape index (κ2) is 7.84. The van der Waals surface area contributed by atoms with E-state index in [1.807, 2.05) is 6.92 Å². The predicted molar refractivity (Wildman–Crippen MR) is 62.3 cm³/mol. The normalized spacial score (nSPS) is 12.1. The minimum Gasteiger partial charge on any atom is -0.393 e. The third-order valence-corrected chi connectivity index (χ3v) is 2.21. The summed E-state index contributed by atoms with van der Waals surface area (Å²) in [6.45, 7) is 8.33. The highest BCUT2D eigenvalue weighted by atomic mass is 16.3. The molecule has 0 aliphatic heterocycles. The first-order valence-electron chi connectivity index (χ1n) is 5.70. The van der Waals surface area contributed by atoms with Gasteiger partial charge in [-0.3, -0.25) is 0 Å². The Morgan fingerprint density at radius 3 is 2.36 bits per heavy atom. The Morgan fingerprint density at radius 2 is 1.93 bits per heavy atom. The number of hydrogen-bond donors (Lipinski definition) is 1. The second-order valence-corrected chi connectivity index (χ2v) is 4.10. The van der Waals surface area contributed by atoms with E-state index < -0.39 is 0 Å². The molecule has 0 aliphatic carbocycles. The summed E-state index contributed by atoms with van der Waals surface area (Å²) in [6.07, 6.45) is 4.93. The fourth-order valence-corrected chi connectivity index (χ4v) is 1.39. The number of hydrogen-bond acceptors (Lipinski definition) is 1. The summed E-state index contributed by atoms with van der Waals surface area (Å²) in [5, 5.41) is 9.57. The highest BCUT2D eigenvalue weighted by Crippen LogP contribution is 2.14. The largest absolute Gasteiger partial charge is 0.393 e. The van der Waals surface area contributed by atoms with E-state index in [2.05, 4.69) is 26.5 Å². The van der Waals surface area contributed by atoms with Crippen molar-refractivity contribution in [3.63, 3.8) is 0 Å². The van der Waals surface area contributed by atoms with Crippen molar-refractivity contribution in [2.75, 3.05) is 0 Å². The van der Waals surface area contributed by atoms with E-state index in [0.717, 1.165) is 19.3 Å². The maximum Gasteiger partial charge on any atom is 0.0580 e. The van der Waals surface area contributed by atoms with E-state index in [1.165, 1.54) is 24.0 Å². The van der Waals surface area contributed by atoms with Crippen LogP contribution < -0.4 is 0 Å². The molecule has 0 unspecified atom stereocenters. The topological polar surface area (TPSA) is 20.2 Å². The van der Waals surface area contributed by atoms with E-state index in [9.17, 15) is 5.11 Å².